The average molecular weight is 286 g/mol. The second-order valence-electron chi connectivity index (χ2n) is 5.07. The van der Waals surface area contributed by atoms with Crippen LogP contribution in [0.15, 0.2) is 0 Å². The number of nitrogens with zero attached hydrogens (tertiary/aromatic N) is 1. The maximum atomic E-state index is 11.7. The van der Waals surface area contributed by atoms with Crippen molar-refractivity contribution in [2.24, 2.45) is 11.1 Å². The minimum absolute atomic E-state index is 0. The van der Waals surface area contributed by atoms with E-state index in [1.807, 2.05) is 13.8 Å². The highest BCUT2D eigenvalue weighted by atomic mass is 35.5. The summed E-state index contributed by atoms with van der Waals surface area (Å²) in [5.41, 5.74) is 5.10. The largest absolute Gasteiger partial charge is 0.354 e. The first-order chi connectivity index (χ1) is 6.97. The van der Waals surface area contributed by atoms with E-state index in [1.54, 1.807) is 0 Å². The van der Waals surface area contributed by atoms with Gasteiger partial charge in [0.2, 0.25) is 5.91 Å². The number of nitrogens with one attached hydrogen (secondary N) is 1. The summed E-state index contributed by atoms with van der Waals surface area (Å²) in [6.07, 6.45) is 2.41. The van der Waals surface area contributed by atoms with Crippen molar-refractivity contribution in [3.8, 4) is 0 Å². The molecule has 0 aromatic rings. The maximum Gasteiger partial charge on any atom is 0.226 e. The minimum atomic E-state index is -0.447. The fraction of sp³-hybridized carbons (Fsp3) is 0.909. The van der Waals surface area contributed by atoms with Gasteiger partial charge in [0.05, 0.1) is 5.41 Å². The second kappa shape index (κ2) is 8.14. The van der Waals surface area contributed by atoms with Crippen molar-refractivity contribution in [1.29, 1.82) is 0 Å². The molecule has 1 aliphatic heterocycles. The molecule has 1 atom stereocenters. The molecule has 1 heterocycles. The first kappa shape index (κ1) is 19.3. The first-order valence-corrected chi connectivity index (χ1v) is 5.66. The van der Waals surface area contributed by atoms with Crippen LogP contribution in [-0.2, 0) is 4.79 Å². The Morgan fingerprint density at radius 1 is 1.47 bits per heavy atom. The standard InChI is InChI=1S/C11H23N3O.2ClH/c1-11(2,8-12)10(15)13-7-9-5-4-6-14(9)3;;/h9H,4-8,12H2,1-3H3,(H,13,15);2*1H. The number of hydrogen-bond acceptors (Lipinski definition) is 3. The quantitative estimate of drug-likeness (QED) is 0.811. The monoisotopic (exact) mass is 285 g/mol. The summed E-state index contributed by atoms with van der Waals surface area (Å²) >= 11 is 0. The van der Waals surface area contributed by atoms with Crippen LogP contribution < -0.4 is 11.1 Å². The number of likely N-dealkylation sites (tertiary alicyclic amines) is 1. The Balaban J connectivity index is 0. The van der Waals surface area contributed by atoms with Crippen molar-refractivity contribution in [1.82, 2.24) is 10.2 Å². The molecule has 4 nitrogen and oxygen atoms in total. The highest BCUT2D eigenvalue weighted by Gasteiger charge is 2.27. The number of amides is 1. The van der Waals surface area contributed by atoms with Gasteiger partial charge in [-0.1, -0.05) is 0 Å². The van der Waals surface area contributed by atoms with E-state index >= 15 is 0 Å². The van der Waals surface area contributed by atoms with Crippen molar-refractivity contribution in [2.75, 3.05) is 26.7 Å². The van der Waals surface area contributed by atoms with Gasteiger partial charge in [-0.25, -0.2) is 0 Å². The predicted molar refractivity (Wildman–Crippen MR) is 76.0 cm³/mol. The molecule has 0 aromatic carbocycles. The molecule has 6 heteroatoms. The van der Waals surface area contributed by atoms with Gasteiger partial charge in [-0.15, -0.1) is 24.8 Å². The summed E-state index contributed by atoms with van der Waals surface area (Å²) in [6.45, 7) is 6.03. The van der Waals surface area contributed by atoms with Crippen molar-refractivity contribution >= 4 is 30.7 Å². The lowest BCUT2D eigenvalue weighted by molar-refractivity contribution is -0.129. The molecule has 1 unspecified atom stereocenters. The zero-order valence-corrected chi connectivity index (χ0v) is 12.5. The predicted octanol–water partition coefficient (Wildman–Crippen LogP) is 1.03. The van der Waals surface area contributed by atoms with Crippen LogP contribution in [0.3, 0.4) is 0 Å². The van der Waals surface area contributed by atoms with Gasteiger partial charge in [-0.05, 0) is 40.3 Å². The summed E-state index contributed by atoms with van der Waals surface area (Å²) in [4.78, 5) is 14.1. The van der Waals surface area contributed by atoms with E-state index in [0.29, 0.717) is 12.6 Å². The van der Waals surface area contributed by atoms with Gasteiger partial charge in [0.15, 0.2) is 0 Å². The van der Waals surface area contributed by atoms with Gasteiger partial charge < -0.3 is 16.0 Å². The zero-order valence-electron chi connectivity index (χ0n) is 10.9. The lowest BCUT2D eigenvalue weighted by Gasteiger charge is -2.25. The Kier molecular flexibility index (Phi) is 9.25. The molecule has 1 aliphatic rings. The molecule has 3 N–H and O–H groups in total. The summed E-state index contributed by atoms with van der Waals surface area (Å²) < 4.78 is 0. The second-order valence-corrected chi connectivity index (χ2v) is 5.07. The summed E-state index contributed by atoms with van der Waals surface area (Å²) in [5.74, 6) is 0.0605. The molecule has 1 rings (SSSR count). The number of hydrogen-bond donors (Lipinski definition) is 2. The Labute approximate surface area is 117 Å². The van der Waals surface area contributed by atoms with Crippen LogP contribution in [0.2, 0.25) is 0 Å². The van der Waals surface area contributed by atoms with Gasteiger partial charge in [-0.3, -0.25) is 4.79 Å². The third-order valence-electron chi connectivity index (χ3n) is 3.29. The van der Waals surface area contributed by atoms with Gasteiger partial charge in [0, 0.05) is 19.1 Å². The molecule has 17 heavy (non-hydrogen) atoms. The van der Waals surface area contributed by atoms with Crippen LogP contribution in [0, 0.1) is 5.41 Å². The number of carbonyl (C=O) groups excluding carboxylic acids is 1. The highest BCUT2D eigenvalue weighted by Crippen LogP contribution is 2.15. The van der Waals surface area contributed by atoms with Crippen LogP contribution in [0.1, 0.15) is 26.7 Å². The van der Waals surface area contributed by atoms with Crippen molar-refractivity contribution in [3.63, 3.8) is 0 Å². The van der Waals surface area contributed by atoms with E-state index < -0.39 is 5.41 Å². The molecule has 1 fully saturated rings. The van der Waals surface area contributed by atoms with Gasteiger partial charge >= 0.3 is 0 Å². The SMILES string of the molecule is CN1CCCC1CNC(=O)C(C)(C)CN.Cl.Cl. The van der Waals surface area contributed by atoms with E-state index in [9.17, 15) is 4.79 Å². The third kappa shape index (κ3) is 5.42. The Morgan fingerprint density at radius 2 is 2.06 bits per heavy atom. The molecule has 0 saturated carbocycles. The minimum Gasteiger partial charge on any atom is -0.354 e. The van der Waals surface area contributed by atoms with E-state index in [0.717, 1.165) is 13.1 Å². The number of halogens is 2. The Bertz CT molecular complexity index is 237. The lowest BCUT2D eigenvalue weighted by Crippen LogP contribution is -2.46. The first-order valence-electron chi connectivity index (χ1n) is 5.66. The van der Waals surface area contributed by atoms with Gasteiger partial charge in [-0.2, -0.15) is 0 Å². The fourth-order valence-electron chi connectivity index (χ4n) is 1.78. The van der Waals surface area contributed by atoms with Crippen LogP contribution in [0.5, 0.6) is 0 Å². The Hall–Kier alpha value is -0.0300. The van der Waals surface area contributed by atoms with Crippen molar-refractivity contribution in [2.45, 2.75) is 32.7 Å². The van der Waals surface area contributed by atoms with Crippen molar-refractivity contribution in [3.05, 3.63) is 0 Å². The van der Waals surface area contributed by atoms with E-state index in [2.05, 4.69) is 17.3 Å². The van der Waals surface area contributed by atoms with E-state index in [-0.39, 0.29) is 30.7 Å². The molecular formula is C11H25Cl2N3O. The van der Waals surface area contributed by atoms with E-state index in [4.69, 9.17) is 5.73 Å². The maximum absolute atomic E-state index is 11.7. The van der Waals surface area contributed by atoms with E-state index in [1.165, 1.54) is 12.8 Å². The normalized spacial score (nSPS) is 20.4. The fourth-order valence-corrected chi connectivity index (χ4v) is 1.78. The highest BCUT2D eigenvalue weighted by molar-refractivity contribution is 5.85. The summed E-state index contributed by atoms with van der Waals surface area (Å²) in [6, 6.07) is 0.502. The molecule has 1 amide bonds. The lowest BCUT2D eigenvalue weighted by atomic mass is 9.92. The number of rotatable bonds is 4. The van der Waals surface area contributed by atoms with Crippen LogP contribution >= 0.6 is 24.8 Å². The molecule has 0 spiro atoms. The molecule has 104 valence electrons. The third-order valence-corrected chi connectivity index (χ3v) is 3.29. The van der Waals surface area contributed by atoms with Gasteiger partial charge in [0.25, 0.3) is 0 Å². The van der Waals surface area contributed by atoms with Crippen molar-refractivity contribution < 1.29 is 4.79 Å². The molecular weight excluding hydrogens is 261 g/mol. The average Bonchev–Trinajstić information content (AvgIpc) is 2.60. The molecule has 0 aliphatic carbocycles. The molecule has 1 saturated heterocycles. The number of nitrogens with two attached hydrogens (primary N) is 1. The smallest absolute Gasteiger partial charge is 0.226 e. The molecule has 0 radical (unpaired) electrons. The summed E-state index contributed by atoms with van der Waals surface area (Å²) in [7, 11) is 2.11. The zero-order chi connectivity index (χ0) is 11.5. The molecule has 0 bridgehead atoms. The Morgan fingerprint density at radius 3 is 2.47 bits per heavy atom. The van der Waals surface area contributed by atoms with Gasteiger partial charge in [0.1, 0.15) is 0 Å². The van der Waals surface area contributed by atoms with Crippen LogP contribution in [-0.4, -0.2) is 43.5 Å². The van der Waals surface area contributed by atoms with Crippen LogP contribution in [0.4, 0.5) is 0 Å². The number of carbonyl (C=O) groups is 1. The van der Waals surface area contributed by atoms with Crippen LogP contribution in [0.25, 0.3) is 0 Å². The number of likely N-dealkylation sites (N-methyl/N-ethyl adjacent to an activating group) is 1. The molecule has 0 aromatic heterocycles. The topological polar surface area (TPSA) is 58.4 Å². The summed E-state index contributed by atoms with van der Waals surface area (Å²) in [5, 5.41) is 2.99.